The first-order valence-electron chi connectivity index (χ1n) is 17.9. The van der Waals surface area contributed by atoms with Crippen LogP contribution < -0.4 is 0 Å². The lowest BCUT2D eigenvalue weighted by Crippen LogP contribution is -2.52. The number of esters is 3. The van der Waals surface area contributed by atoms with Crippen LogP contribution in [0.1, 0.15) is 86.3 Å². The van der Waals surface area contributed by atoms with Crippen molar-refractivity contribution in [3.05, 3.63) is 65.7 Å². The van der Waals surface area contributed by atoms with Gasteiger partial charge in [-0.25, -0.2) is 23.6 Å². The smallest absolute Gasteiger partial charge is 0.446 e. The highest BCUT2D eigenvalue weighted by Crippen LogP contribution is 2.37. The summed E-state index contributed by atoms with van der Waals surface area (Å²) in [4.78, 5) is 69.3. The van der Waals surface area contributed by atoms with Crippen molar-refractivity contribution in [2.45, 2.75) is 134 Å². The average Bonchev–Trinajstić information content (AvgIpc) is 3.06. The summed E-state index contributed by atoms with van der Waals surface area (Å²) in [5.74, 6) is -4.02. The molecule has 0 aliphatic carbocycles. The average molecular weight is 815 g/mol. The number of carbonyl (C=O) groups excluding carboxylic acids is 5. The summed E-state index contributed by atoms with van der Waals surface area (Å²) in [5.41, 5.74) is -6.98. The number of nitrogens with zero attached hydrogens (tertiary/aromatic N) is 2. The van der Waals surface area contributed by atoms with Gasteiger partial charge in [-0.05, 0) is 88.4 Å². The minimum absolute atomic E-state index is 0.108. The van der Waals surface area contributed by atoms with E-state index in [-0.39, 0.29) is 36.1 Å². The van der Waals surface area contributed by atoms with Crippen molar-refractivity contribution in [3.63, 3.8) is 0 Å². The summed E-state index contributed by atoms with van der Waals surface area (Å²) in [6.07, 6.45) is -4.76. The predicted molar refractivity (Wildman–Crippen MR) is 202 cm³/mol. The number of rotatable bonds is 16. The van der Waals surface area contributed by atoms with Crippen LogP contribution in [-0.4, -0.2) is 94.9 Å². The number of benzene rings is 2. The van der Waals surface area contributed by atoms with Gasteiger partial charge in [-0.2, -0.15) is 13.2 Å². The van der Waals surface area contributed by atoms with Crippen LogP contribution in [0.3, 0.4) is 0 Å². The second-order valence-corrected chi connectivity index (χ2v) is 17.4. The molecule has 2 amide bonds. The number of amides is 2. The SMILES string of the molecule is C[C@@H](OC(=O)[C@H](CC(C)(C)C)N(C)C(=O)OC(C)(C)C)C(=O)N(C)[C@@H](CC(C)(C)F)C(=O)O[C@H](Cc1ccc(SC(F)(F)F)cc1)C(=O)OCc1ccccc1. The zero-order valence-electron chi connectivity index (χ0n) is 33.8. The van der Waals surface area contributed by atoms with Crippen molar-refractivity contribution >= 4 is 41.7 Å². The van der Waals surface area contributed by atoms with E-state index in [0.29, 0.717) is 11.1 Å². The van der Waals surface area contributed by atoms with Gasteiger partial charge in [0.1, 0.15) is 30.0 Å². The van der Waals surface area contributed by atoms with Crippen LogP contribution in [0.2, 0.25) is 0 Å². The molecule has 0 N–H and O–H groups in total. The monoisotopic (exact) mass is 814 g/mol. The second-order valence-electron chi connectivity index (χ2n) is 16.3. The van der Waals surface area contributed by atoms with Gasteiger partial charge in [0, 0.05) is 31.8 Å². The number of ether oxygens (including phenoxy) is 4. The van der Waals surface area contributed by atoms with Gasteiger partial charge in [-0.3, -0.25) is 9.69 Å². The van der Waals surface area contributed by atoms with Gasteiger partial charge < -0.3 is 23.8 Å². The number of likely N-dealkylation sites (N-methyl/N-ethyl adjacent to an activating group) is 2. The lowest BCUT2D eigenvalue weighted by Gasteiger charge is -2.34. The number of carbonyl (C=O) groups is 5. The fourth-order valence-electron chi connectivity index (χ4n) is 5.26. The molecular formula is C40H54F4N2O9S. The minimum atomic E-state index is -4.52. The molecule has 4 atom stereocenters. The van der Waals surface area contributed by atoms with Crippen LogP contribution in [0.5, 0.6) is 0 Å². The molecule has 0 heterocycles. The standard InChI is InChI=1S/C40H54F4N2O9S/c1-25(53-33(48)29(22-37(2,3)4)46(11)36(51)55-38(5,6)7)32(47)45(10)30(23-39(8,9)41)34(49)54-31(35(50)52-24-27-15-13-12-14-16-27)21-26-17-19-28(20-18-26)56-40(42,43)44/h12-20,25,29-31H,21-24H2,1-11H3/t25-,29+,30+,31-/m1/s1. The van der Waals surface area contributed by atoms with E-state index in [0.717, 1.165) is 9.80 Å². The van der Waals surface area contributed by atoms with Crippen LogP contribution >= 0.6 is 11.8 Å². The third-order valence-corrected chi connectivity index (χ3v) is 8.70. The highest BCUT2D eigenvalue weighted by Gasteiger charge is 2.41. The first-order chi connectivity index (χ1) is 25.5. The third kappa shape index (κ3) is 17.2. The molecule has 0 bridgehead atoms. The van der Waals surface area contributed by atoms with Gasteiger partial charge in [0.05, 0.1) is 0 Å². The number of thioether (sulfide) groups is 1. The van der Waals surface area contributed by atoms with Crippen molar-refractivity contribution in [1.29, 1.82) is 0 Å². The number of hydrogen-bond donors (Lipinski definition) is 0. The molecule has 0 saturated carbocycles. The zero-order chi connectivity index (χ0) is 42.8. The maximum atomic E-state index is 15.2. The molecule has 0 fully saturated rings. The molecule has 56 heavy (non-hydrogen) atoms. The molecule has 0 saturated heterocycles. The molecule has 0 unspecified atom stereocenters. The van der Waals surface area contributed by atoms with Gasteiger partial charge in [-0.15, -0.1) is 0 Å². The van der Waals surface area contributed by atoms with Crippen molar-refractivity contribution in [2.75, 3.05) is 14.1 Å². The van der Waals surface area contributed by atoms with Gasteiger partial charge in [0.2, 0.25) is 6.10 Å². The van der Waals surface area contributed by atoms with E-state index in [2.05, 4.69) is 0 Å². The van der Waals surface area contributed by atoms with Crippen molar-refractivity contribution < 1.29 is 60.5 Å². The van der Waals surface area contributed by atoms with Crippen LogP contribution in [0.15, 0.2) is 59.5 Å². The molecule has 312 valence electrons. The Morgan fingerprint density at radius 3 is 1.73 bits per heavy atom. The molecule has 2 aromatic carbocycles. The summed E-state index contributed by atoms with van der Waals surface area (Å²) < 4.78 is 76.0. The van der Waals surface area contributed by atoms with Crippen molar-refractivity contribution in [3.8, 4) is 0 Å². The Morgan fingerprint density at radius 2 is 1.23 bits per heavy atom. The van der Waals surface area contributed by atoms with E-state index in [9.17, 15) is 37.1 Å². The Balaban J connectivity index is 2.37. The summed E-state index contributed by atoms with van der Waals surface area (Å²) in [5, 5.41) is 0. The largest absolute Gasteiger partial charge is 0.458 e. The van der Waals surface area contributed by atoms with Gasteiger partial charge in [0.25, 0.3) is 5.91 Å². The minimum Gasteiger partial charge on any atom is -0.458 e. The Kier molecular flexibility index (Phi) is 16.8. The van der Waals surface area contributed by atoms with Crippen LogP contribution in [0.4, 0.5) is 22.4 Å². The molecule has 0 spiro atoms. The molecule has 0 radical (unpaired) electrons. The van der Waals surface area contributed by atoms with E-state index in [1.54, 1.807) is 51.1 Å². The fraction of sp³-hybridized carbons (Fsp3) is 0.575. The zero-order valence-corrected chi connectivity index (χ0v) is 34.6. The lowest BCUT2D eigenvalue weighted by molar-refractivity contribution is -0.175. The normalized spacial score (nSPS) is 14.4. The summed E-state index contributed by atoms with van der Waals surface area (Å²) in [6, 6.07) is 10.8. The topological polar surface area (TPSA) is 129 Å². The third-order valence-electron chi connectivity index (χ3n) is 7.96. The molecule has 2 aromatic rings. The highest BCUT2D eigenvalue weighted by atomic mass is 32.2. The van der Waals surface area contributed by atoms with E-state index < -0.39 is 82.8 Å². The van der Waals surface area contributed by atoms with Gasteiger partial charge >= 0.3 is 29.5 Å². The molecule has 16 heteroatoms. The van der Waals surface area contributed by atoms with Gasteiger partial charge in [0.15, 0.2) is 6.10 Å². The number of hydrogen-bond acceptors (Lipinski definition) is 10. The second kappa shape index (κ2) is 19.7. The lowest BCUT2D eigenvalue weighted by atomic mass is 9.87. The summed E-state index contributed by atoms with van der Waals surface area (Å²) in [7, 11) is 2.56. The maximum absolute atomic E-state index is 15.2. The molecule has 0 aromatic heterocycles. The van der Waals surface area contributed by atoms with Crippen LogP contribution in [0, 0.1) is 5.41 Å². The molecule has 0 aliphatic rings. The van der Waals surface area contributed by atoms with E-state index in [4.69, 9.17) is 18.9 Å². The van der Waals surface area contributed by atoms with E-state index in [1.807, 2.05) is 20.8 Å². The molecule has 2 rings (SSSR count). The van der Waals surface area contributed by atoms with Crippen LogP contribution in [0.25, 0.3) is 0 Å². The predicted octanol–water partition coefficient (Wildman–Crippen LogP) is 8.06. The summed E-state index contributed by atoms with van der Waals surface area (Å²) in [6.45, 7) is 13.9. The van der Waals surface area contributed by atoms with E-state index in [1.165, 1.54) is 59.1 Å². The first-order valence-corrected chi connectivity index (χ1v) is 18.7. The fourth-order valence-corrected chi connectivity index (χ4v) is 5.80. The highest BCUT2D eigenvalue weighted by molar-refractivity contribution is 8.00. The van der Waals surface area contributed by atoms with Gasteiger partial charge in [-0.1, -0.05) is 63.2 Å². The van der Waals surface area contributed by atoms with Crippen molar-refractivity contribution in [1.82, 2.24) is 9.80 Å². The first kappa shape index (κ1) is 47.8. The maximum Gasteiger partial charge on any atom is 0.446 e. The molecule has 11 nitrogen and oxygen atoms in total. The summed E-state index contributed by atoms with van der Waals surface area (Å²) >= 11 is -0.324. The Hall–Kier alpha value is -4.34. The van der Waals surface area contributed by atoms with Crippen molar-refractivity contribution in [2.24, 2.45) is 5.41 Å². The molecule has 0 aliphatic heterocycles. The number of halogens is 4. The van der Waals surface area contributed by atoms with Crippen LogP contribution in [-0.2, 0) is 51.2 Å². The quantitative estimate of drug-likeness (QED) is 0.0711. The Morgan fingerprint density at radius 1 is 0.696 bits per heavy atom. The van der Waals surface area contributed by atoms with E-state index >= 15 is 4.39 Å². The molecular weight excluding hydrogens is 761 g/mol. The Labute approximate surface area is 330 Å². The number of alkyl halides is 4. The Bertz CT molecular complexity index is 1640.